The van der Waals surface area contributed by atoms with Gasteiger partial charge in [-0.05, 0) is 132 Å². The largest absolute Gasteiger partial charge is 0.544 e. The summed E-state index contributed by atoms with van der Waals surface area (Å²) in [7, 11) is -3.87. The SMILES string of the molecule is CC(C)(C)c1cc(C(=O)c2ccc(-c3ccc(C(=O)c4cc(C(C)(C)C)c(O[Si](C)(C)C)c(C(C)(C)C)c4)s3)s2)cc(C(C)(C)C)c1O[Si](C)(C)C. The van der Waals surface area contributed by atoms with E-state index in [2.05, 4.69) is 122 Å². The molecule has 2 heterocycles. The Bertz CT molecular complexity index is 1760. The Morgan fingerprint density at radius 2 is 0.712 bits per heavy atom. The van der Waals surface area contributed by atoms with Gasteiger partial charge in [0.05, 0.1) is 9.75 Å². The third kappa shape index (κ3) is 9.84. The lowest BCUT2D eigenvalue weighted by atomic mass is 9.78. The summed E-state index contributed by atoms with van der Waals surface area (Å²) in [5.41, 5.74) is 4.76. The molecule has 52 heavy (non-hydrogen) atoms. The number of benzene rings is 2. The molecule has 4 nitrogen and oxygen atoms in total. The molecule has 2 aromatic heterocycles. The van der Waals surface area contributed by atoms with Crippen LogP contribution in [0.3, 0.4) is 0 Å². The number of hydrogen-bond acceptors (Lipinski definition) is 6. The lowest BCUT2D eigenvalue weighted by molar-refractivity contribution is 0.103. The fourth-order valence-electron chi connectivity index (χ4n) is 6.05. The van der Waals surface area contributed by atoms with Crippen molar-refractivity contribution >= 4 is 50.9 Å². The van der Waals surface area contributed by atoms with Crippen LogP contribution in [0.2, 0.25) is 39.3 Å². The highest BCUT2D eigenvalue weighted by Crippen LogP contribution is 2.45. The van der Waals surface area contributed by atoms with Gasteiger partial charge in [-0.25, -0.2) is 0 Å². The zero-order valence-electron chi connectivity index (χ0n) is 35.1. The number of thiophene rings is 2. The molecule has 0 fully saturated rings. The van der Waals surface area contributed by atoms with Crippen molar-refractivity contribution in [3.63, 3.8) is 0 Å². The van der Waals surface area contributed by atoms with Crippen LogP contribution in [0.1, 0.15) is 136 Å². The molecular formula is C44H62O4S2Si2. The first-order chi connectivity index (χ1) is 23.4. The molecule has 0 amide bonds. The summed E-state index contributed by atoms with van der Waals surface area (Å²) in [6.07, 6.45) is 0. The van der Waals surface area contributed by atoms with Gasteiger partial charge in [0.1, 0.15) is 11.5 Å². The highest BCUT2D eigenvalue weighted by Gasteiger charge is 2.34. The highest BCUT2D eigenvalue weighted by molar-refractivity contribution is 7.24. The third-order valence-electron chi connectivity index (χ3n) is 8.65. The Morgan fingerprint density at radius 3 is 0.923 bits per heavy atom. The Hall–Kier alpha value is -2.79. The van der Waals surface area contributed by atoms with Crippen molar-refractivity contribution < 1.29 is 18.4 Å². The number of carbonyl (C=O) groups is 2. The van der Waals surface area contributed by atoms with Gasteiger partial charge in [0, 0.05) is 20.9 Å². The minimum Gasteiger partial charge on any atom is -0.544 e. The second-order valence-corrected chi connectivity index (χ2v) is 31.2. The van der Waals surface area contributed by atoms with Gasteiger partial charge in [-0.1, -0.05) is 83.1 Å². The van der Waals surface area contributed by atoms with Crippen molar-refractivity contribution in [3.8, 4) is 21.3 Å². The molecule has 8 heteroatoms. The van der Waals surface area contributed by atoms with Gasteiger partial charge in [-0.3, -0.25) is 9.59 Å². The molecular weight excluding hydrogens is 713 g/mol. The Labute approximate surface area is 324 Å². The van der Waals surface area contributed by atoms with Crippen LogP contribution in [0.5, 0.6) is 11.5 Å². The predicted octanol–water partition coefficient (Wildman–Crippen LogP) is 13.6. The normalized spacial score (nSPS) is 13.3. The van der Waals surface area contributed by atoms with Crippen molar-refractivity contribution in [1.29, 1.82) is 0 Å². The summed E-state index contributed by atoms with van der Waals surface area (Å²) in [5.74, 6) is 1.87. The molecule has 4 aromatic rings. The summed E-state index contributed by atoms with van der Waals surface area (Å²) in [6.45, 7) is 39.4. The van der Waals surface area contributed by atoms with Crippen molar-refractivity contribution in [3.05, 3.63) is 91.7 Å². The maximum absolute atomic E-state index is 14.2. The van der Waals surface area contributed by atoms with E-state index in [1.54, 1.807) is 0 Å². The van der Waals surface area contributed by atoms with Crippen LogP contribution < -0.4 is 8.85 Å². The van der Waals surface area contributed by atoms with Gasteiger partial charge in [-0.15, -0.1) is 22.7 Å². The molecule has 0 aliphatic heterocycles. The topological polar surface area (TPSA) is 52.6 Å². The number of ketones is 2. The van der Waals surface area contributed by atoms with Crippen molar-refractivity contribution in [2.45, 2.75) is 144 Å². The van der Waals surface area contributed by atoms with Crippen LogP contribution in [-0.4, -0.2) is 28.2 Å². The van der Waals surface area contributed by atoms with E-state index in [-0.39, 0.29) is 33.2 Å². The maximum atomic E-state index is 14.2. The summed E-state index contributed by atoms with van der Waals surface area (Å²) >= 11 is 2.96. The lowest BCUT2D eigenvalue weighted by Crippen LogP contribution is -2.33. The number of rotatable bonds is 9. The Morgan fingerprint density at radius 1 is 0.462 bits per heavy atom. The van der Waals surface area contributed by atoms with E-state index in [0.717, 1.165) is 43.5 Å². The third-order valence-corrected chi connectivity index (χ3v) is 12.7. The molecule has 0 aliphatic rings. The van der Waals surface area contributed by atoms with Gasteiger partial charge in [0.25, 0.3) is 0 Å². The summed E-state index contributed by atoms with van der Waals surface area (Å²) in [4.78, 5) is 31.7. The number of hydrogen-bond donors (Lipinski definition) is 0. The molecule has 282 valence electrons. The molecule has 0 saturated carbocycles. The van der Waals surface area contributed by atoms with Crippen LogP contribution in [0.15, 0.2) is 48.5 Å². The minimum atomic E-state index is -1.93. The summed E-state index contributed by atoms with van der Waals surface area (Å²) < 4.78 is 13.5. The van der Waals surface area contributed by atoms with E-state index in [0.29, 0.717) is 20.9 Å². The van der Waals surface area contributed by atoms with Crippen LogP contribution in [-0.2, 0) is 21.7 Å². The smallest absolute Gasteiger partial charge is 0.242 e. The fraction of sp³-hybridized carbons (Fsp3) is 0.500. The average Bonchev–Trinajstić information content (AvgIpc) is 3.63. The molecule has 0 spiro atoms. The van der Waals surface area contributed by atoms with E-state index in [1.165, 1.54) is 22.7 Å². The van der Waals surface area contributed by atoms with E-state index < -0.39 is 16.6 Å². The van der Waals surface area contributed by atoms with Gasteiger partial charge in [-0.2, -0.15) is 0 Å². The van der Waals surface area contributed by atoms with Crippen LogP contribution in [0.4, 0.5) is 0 Å². The fourth-order valence-corrected chi connectivity index (χ4v) is 9.74. The first-order valence-electron chi connectivity index (χ1n) is 18.4. The first kappa shape index (κ1) is 42.0. The Balaban J connectivity index is 1.74. The van der Waals surface area contributed by atoms with E-state index in [9.17, 15) is 9.59 Å². The Kier molecular flexibility index (Phi) is 11.4. The van der Waals surface area contributed by atoms with E-state index >= 15 is 0 Å². The van der Waals surface area contributed by atoms with Gasteiger partial charge < -0.3 is 8.85 Å². The van der Waals surface area contributed by atoms with E-state index in [4.69, 9.17) is 8.85 Å². The molecule has 0 bridgehead atoms. The maximum Gasteiger partial charge on any atom is 0.242 e. The molecule has 2 aromatic carbocycles. The molecule has 0 aliphatic carbocycles. The van der Waals surface area contributed by atoms with Crippen molar-refractivity contribution in [1.82, 2.24) is 0 Å². The van der Waals surface area contributed by atoms with Crippen LogP contribution in [0, 0.1) is 0 Å². The molecule has 0 unspecified atom stereocenters. The molecule has 0 saturated heterocycles. The summed E-state index contributed by atoms with van der Waals surface area (Å²) in [6, 6.07) is 16.1. The minimum absolute atomic E-state index is 0.00436. The standard InChI is InChI=1S/C44H62O4S2Si2/c1-41(2,3)29-23-27(24-30(42(4,5)6)39(29)47-51(13,14)15)37(45)35-21-19-33(49-35)34-20-22-36(50-34)38(46)28-25-31(43(7,8)9)40(48-52(16,17)18)32(26-28)44(10,11)12/h19-26H,1-18H3. The highest BCUT2D eigenvalue weighted by atomic mass is 32.1. The second kappa shape index (κ2) is 14.1. The van der Waals surface area contributed by atoms with Crippen molar-refractivity contribution in [2.75, 3.05) is 0 Å². The molecule has 0 N–H and O–H groups in total. The molecule has 0 radical (unpaired) electrons. The van der Waals surface area contributed by atoms with Crippen LogP contribution in [0.25, 0.3) is 9.75 Å². The number of carbonyl (C=O) groups excluding carboxylic acids is 2. The first-order valence-corrected chi connectivity index (χ1v) is 26.9. The van der Waals surface area contributed by atoms with E-state index in [1.807, 2.05) is 48.5 Å². The zero-order valence-corrected chi connectivity index (χ0v) is 38.7. The van der Waals surface area contributed by atoms with Gasteiger partial charge >= 0.3 is 0 Å². The zero-order chi connectivity index (χ0) is 39.6. The summed E-state index contributed by atoms with van der Waals surface area (Å²) in [5, 5.41) is 0. The monoisotopic (exact) mass is 774 g/mol. The average molecular weight is 775 g/mol. The van der Waals surface area contributed by atoms with Crippen LogP contribution >= 0.6 is 22.7 Å². The van der Waals surface area contributed by atoms with Gasteiger partial charge in [0.15, 0.2) is 0 Å². The van der Waals surface area contributed by atoms with Gasteiger partial charge in [0.2, 0.25) is 28.2 Å². The molecule has 4 rings (SSSR count). The second-order valence-electron chi connectivity index (χ2n) is 20.2. The quantitative estimate of drug-likeness (QED) is 0.126. The van der Waals surface area contributed by atoms with Crippen molar-refractivity contribution in [2.24, 2.45) is 0 Å². The lowest BCUT2D eigenvalue weighted by Gasteiger charge is -2.34. The molecule has 0 atom stereocenters. The predicted molar refractivity (Wildman–Crippen MR) is 230 cm³/mol.